The van der Waals surface area contributed by atoms with Crippen LogP contribution in [0.1, 0.15) is 5.56 Å². The summed E-state index contributed by atoms with van der Waals surface area (Å²) in [4.78, 5) is 3.66. The van der Waals surface area contributed by atoms with Crippen LogP contribution in [0.5, 0.6) is 5.75 Å². The zero-order valence-electron chi connectivity index (χ0n) is 15.0. The van der Waals surface area contributed by atoms with Crippen molar-refractivity contribution in [3.8, 4) is 5.75 Å². The maximum atomic E-state index is 13.7. The fraction of sp³-hybridized carbons (Fsp3) is 0.350. The third-order valence-corrected chi connectivity index (χ3v) is 5.01. The Labute approximate surface area is 159 Å². The average molecular weight is 375 g/mol. The summed E-state index contributed by atoms with van der Waals surface area (Å²) in [5, 5.41) is 3.80. The van der Waals surface area contributed by atoms with Gasteiger partial charge in [0.05, 0.1) is 26.2 Å². The molecule has 1 aliphatic heterocycles. The standard InChI is InChI=1S/C20H24FN3OS/c1-16-7-8-17(15-19(16)21)22-20(26)24-11-9-23(10-12-24)13-14-25-18-5-3-2-4-6-18/h2-8,15H,9-14H2,1H3,(H,22,26)/p+1. The van der Waals surface area contributed by atoms with Gasteiger partial charge >= 0.3 is 0 Å². The summed E-state index contributed by atoms with van der Waals surface area (Å²) in [7, 11) is 0. The number of anilines is 1. The van der Waals surface area contributed by atoms with Crippen LogP contribution in [0.2, 0.25) is 0 Å². The molecule has 0 amide bonds. The number of benzene rings is 2. The molecule has 2 N–H and O–H groups in total. The predicted molar refractivity (Wildman–Crippen MR) is 106 cm³/mol. The third kappa shape index (κ3) is 5.16. The second-order valence-electron chi connectivity index (χ2n) is 6.54. The van der Waals surface area contributed by atoms with Crippen LogP contribution in [-0.4, -0.2) is 49.3 Å². The molecule has 26 heavy (non-hydrogen) atoms. The second-order valence-corrected chi connectivity index (χ2v) is 6.93. The van der Waals surface area contributed by atoms with Crippen molar-refractivity contribution < 1.29 is 14.0 Å². The van der Waals surface area contributed by atoms with Crippen LogP contribution >= 0.6 is 12.2 Å². The lowest BCUT2D eigenvalue weighted by atomic mass is 10.2. The molecule has 138 valence electrons. The van der Waals surface area contributed by atoms with Crippen LogP contribution in [0.15, 0.2) is 48.5 Å². The zero-order chi connectivity index (χ0) is 18.4. The monoisotopic (exact) mass is 374 g/mol. The summed E-state index contributed by atoms with van der Waals surface area (Å²) in [5.74, 6) is 0.701. The molecule has 0 unspecified atom stereocenters. The van der Waals surface area contributed by atoms with Gasteiger partial charge in [-0.2, -0.15) is 0 Å². The first kappa shape index (κ1) is 18.6. The molecule has 4 nitrogen and oxygen atoms in total. The molecule has 1 heterocycles. The summed E-state index contributed by atoms with van der Waals surface area (Å²) >= 11 is 5.48. The highest BCUT2D eigenvalue weighted by Crippen LogP contribution is 2.14. The molecule has 0 saturated carbocycles. The van der Waals surface area contributed by atoms with Crippen molar-refractivity contribution in [3.05, 3.63) is 59.9 Å². The number of rotatable bonds is 5. The van der Waals surface area contributed by atoms with E-state index in [1.165, 1.54) is 11.0 Å². The highest BCUT2D eigenvalue weighted by atomic mass is 32.1. The van der Waals surface area contributed by atoms with Gasteiger partial charge in [-0.1, -0.05) is 24.3 Å². The topological polar surface area (TPSA) is 28.9 Å². The SMILES string of the molecule is Cc1ccc(NC(=S)N2CC[NH+](CCOc3ccccc3)CC2)cc1F. The Balaban J connectivity index is 1.40. The van der Waals surface area contributed by atoms with Crippen LogP contribution in [0.4, 0.5) is 10.1 Å². The minimum atomic E-state index is -0.217. The van der Waals surface area contributed by atoms with Crippen molar-refractivity contribution in [1.29, 1.82) is 0 Å². The number of hydrogen-bond donors (Lipinski definition) is 2. The molecule has 6 heteroatoms. The number of para-hydroxylation sites is 1. The Kier molecular flexibility index (Phi) is 6.41. The molecule has 2 aromatic rings. The maximum Gasteiger partial charge on any atom is 0.173 e. The molecular weight excluding hydrogens is 349 g/mol. The van der Waals surface area contributed by atoms with Gasteiger partial charge in [-0.15, -0.1) is 0 Å². The van der Waals surface area contributed by atoms with Gasteiger partial charge in [-0.3, -0.25) is 0 Å². The van der Waals surface area contributed by atoms with Crippen LogP contribution in [0.25, 0.3) is 0 Å². The van der Waals surface area contributed by atoms with Crippen LogP contribution in [0.3, 0.4) is 0 Å². The number of ether oxygens (including phenoxy) is 1. The number of hydrogen-bond acceptors (Lipinski definition) is 2. The number of halogens is 1. The molecule has 0 aromatic heterocycles. The molecule has 1 aliphatic rings. The normalized spacial score (nSPS) is 14.9. The Morgan fingerprint density at radius 3 is 2.62 bits per heavy atom. The van der Waals surface area contributed by atoms with Crippen LogP contribution in [0, 0.1) is 12.7 Å². The first-order chi connectivity index (χ1) is 12.6. The summed E-state index contributed by atoms with van der Waals surface area (Å²) in [6.45, 7) is 7.25. The summed E-state index contributed by atoms with van der Waals surface area (Å²) in [6.07, 6.45) is 0. The van der Waals surface area contributed by atoms with Crippen molar-refractivity contribution in [2.24, 2.45) is 0 Å². The van der Waals surface area contributed by atoms with E-state index in [9.17, 15) is 4.39 Å². The van der Waals surface area contributed by atoms with Crippen LogP contribution < -0.4 is 15.0 Å². The molecule has 0 atom stereocenters. The Hall–Kier alpha value is -2.18. The molecule has 0 radical (unpaired) electrons. The summed E-state index contributed by atoms with van der Waals surface area (Å²) in [5.41, 5.74) is 1.33. The molecule has 0 bridgehead atoms. The van der Waals surface area contributed by atoms with Gasteiger partial charge in [0, 0.05) is 5.69 Å². The Morgan fingerprint density at radius 2 is 1.92 bits per heavy atom. The molecular formula is C20H25FN3OS+. The van der Waals surface area contributed by atoms with Crippen molar-refractivity contribution in [3.63, 3.8) is 0 Å². The predicted octanol–water partition coefficient (Wildman–Crippen LogP) is 2.11. The lowest BCUT2D eigenvalue weighted by Crippen LogP contribution is -3.15. The van der Waals surface area contributed by atoms with E-state index in [4.69, 9.17) is 17.0 Å². The van der Waals surface area contributed by atoms with Gasteiger partial charge in [-0.05, 0) is 49.0 Å². The number of aryl methyl sites for hydroxylation is 1. The Morgan fingerprint density at radius 1 is 1.19 bits per heavy atom. The first-order valence-electron chi connectivity index (χ1n) is 8.95. The van der Waals surface area contributed by atoms with E-state index < -0.39 is 0 Å². The molecule has 0 aliphatic carbocycles. The maximum absolute atomic E-state index is 13.7. The molecule has 3 rings (SSSR count). The molecule has 2 aromatic carbocycles. The quantitative estimate of drug-likeness (QED) is 0.785. The second kappa shape index (κ2) is 8.96. The van der Waals surface area contributed by atoms with E-state index in [-0.39, 0.29) is 5.82 Å². The smallest absolute Gasteiger partial charge is 0.173 e. The van der Waals surface area contributed by atoms with E-state index in [1.54, 1.807) is 13.0 Å². The fourth-order valence-corrected chi connectivity index (χ4v) is 3.28. The van der Waals surface area contributed by atoms with E-state index in [0.29, 0.717) is 23.0 Å². The first-order valence-corrected chi connectivity index (χ1v) is 9.36. The van der Waals surface area contributed by atoms with Crippen molar-refractivity contribution >= 4 is 23.0 Å². The molecule has 1 fully saturated rings. The van der Waals surface area contributed by atoms with Crippen molar-refractivity contribution in [2.45, 2.75) is 6.92 Å². The van der Waals surface area contributed by atoms with E-state index in [2.05, 4.69) is 10.2 Å². The number of nitrogens with zero attached hydrogens (tertiary/aromatic N) is 1. The number of quaternary nitrogens is 1. The Bertz CT molecular complexity index is 733. The number of thiocarbonyl (C=S) groups is 1. The molecule has 0 spiro atoms. The molecule has 1 saturated heterocycles. The van der Waals surface area contributed by atoms with Crippen molar-refractivity contribution in [1.82, 2.24) is 4.90 Å². The van der Waals surface area contributed by atoms with Crippen LogP contribution in [-0.2, 0) is 0 Å². The summed E-state index contributed by atoms with van der Waals surface area (Å²) in [6, 6.07) is 15.0. The minimum absolute atomic E-state index is 0.217. The fourth-order valence-electron chi connectivity index (χ4n) is 2.98. The highest BCUT2D eigenvalue weighted by molar-refractivity contribution is 7.80. The number of piperazine rings is 1. The van der Waals surface area contributed by atoms with Gasteiger partial charge in [0.1, 0.15) is 24.7 Å². The summed E-state index contributed by atoms with van der Waals surface area (Å²) < 4.78 is 19.4. The van der Waals surface area contributed by atoms with Gasteiger partial charge in [0.2, 0.25) is 0 Å². The van der Waals surface area contributed by atoms with Gasteiger partial charge < -0.3 is 19.9 Å². The van der Waals surface area contributed by atoms with Gasteiger partial charge in [0.15, 0.2) is 5.11 Å². The highest BCUT2D eigenvalue weighted by Gasteiger charge is 2.21. The van der Waals surface area contributed by atoms with E-state index in [0.717, 1.165) is 38.5 Å². The third-order valence-electron chi connectivity index (χ3n) is 4.65. The van der Waals surface area contributed by atoms with E-state index >= 15 is 0 Å². The lowest BCUT2D eigenvalue weighted by molar-refractivity contribution is -0.903. The minimum Gasteiger partial charge on any atom is -0.488 e. The van der Waals surface area contributed by atoms with Gasteiger partial charge in [-0.25, -0.2) is 4.39 Å². The van der Waals surface area contributed by atoms with Gasteiger partial charge in [0.25, 0.3) is 0 Å². The van der Waals surface area contributed by atoms with Crippen molar-refractivity contribution in [2.75, 3.05) is 44.6 Å². The van der Waals surface area contributed by atoms with E-state index in [1.807, 2.05) is 36.4 Å². The number of nitrogens with one attached hydrogen (secondary N) is 2. The lowest BCUT2D eigenvalue weighted by Gasteiger charge is -2.33. The average Bonchev–Trinajstić information content (AvgIpc) is 2.66. The largest absolute Gasteiger partial charge is 0.488 e. The zero-order valence-corrected chi connectivity index (χ0v) is 15.8.